The van der Waals surface area contributed by atoms with E-state index in [9.17, 15) is 18.0 Å². The number of amides is 1. The molecular weight excluding hydrogens is 345 g/mol. The van der Waals surface area contributed by atoms with Crippen LogP contribution in [0.3, 0.4) is 0 Å². The van der Waals surface area contributed by atoms with Crippen LogP contribution in [0.25, 0.3) is 0 Å². The van der Waals surface area contributed by atoms with E-state index >= 15 is 0 Å². The van der Waals surface area contributed by atoms with Crippen LogP contribution in [0.4, 0.5) is 13.2 Å². The average Bonchev–Trinajstić information content (AvgIpc) is 3.44. The molecule has 1 heterocycles. The molecule has 2 aromatic rings. The van der Waals surface area contributed by atoms with Gasteiger partial charge in [0.1, 0.15) is 0 Å². The Bertz CT molecular complexity index is 774. The number of hydrogen-bond donors (Lipinski definition) is 1. The summed E-state index contributed by atoms with van der Waals surface area (Å²) in [5.74, 6) is -2.56. The van der Waals surface area contributed by atoms with Gasteiger partial charge in [-0.25, -0.2) is 4.98 Å². The zero-order valence-electron chi connectivity index (χ0n) is 14.2. The lowest BCUT2D eigenvalue weighted by molar-refractivity contribution is -0.165. The van der Waals surface area contributed by atoms with Crippen LogP contribution in [0.1, 0.15) is 41.4 Å². The lowest BCUT2D eigenvalue weighted by Gasteiger charge is -2.20. The molecule has 1 saturated carbocycles. The van der Waals surface area contributed by atoms with Gasteiger partial charge in [0.05, 0.1) is 7.11 Å². The maximum Gasteiger partial charge on any atom is 0.404 e. The first-order valence-electron chi connectivity index (χ1n) is 8.32. The van der Waals surface area contributed by atoms with E-state index in [4.69, 9.17) is 4.74 Å². The van der Waals surface area contributed by atoms with E-state index in [0.717, 1.165) is 18.4 Å². The first kappa shape index (κ1) is 18.2. The summed E-state index contributed by atoms with van der Waals surface area (Å²) >= 11 is 0. The molecule has 3 rings (SSSR count). The Hall–Kier alpha value is -2.57. The monoisotopic (exact) mass is 364 g/mol. The van der Waals surface area contributed by atoms with E-state index < -0.39 is 18.0 Å². The van der Waals surface area contributed by atoms with Gasteiger partial charge >= 0.3 is 6.18 Å². The Kier molecular flexibility index (Phi) is 5.15. The minimum absolute atomic E-state index is 0.0744. The zero-order chi connectivity index (χ0) is 18.7. The Morgan fingerprint density at radius 3 is 2.58 bits per heavy atom. The third kappa shape index (κ3) is 4.15. The summed E-state index contributed by atoms with van der Waals surface area (Å²) in [5, 5.41) is 2.39. The number of benzene rings is 1. The fourth-order valence-electron chi connectivity index (χ4n) is 2.89. The minimum atomic E-state index is -4.68. The molecule has 1 aliphatic rings. The molecule has 1 aliphatic carbocycles. The number of nitrogens with one attached hydrogen (secondary N) is 1. The lowest BCUT2D eigenvalue weighted by Crippen LogP contribution is -2.37. The molecule has 0 aliphatic heterocycles. The maximum absolute atomic E-state index is 13.4. The van der Waals surface area contributed by atoms with Crippen LogP contribution in [0.2, 0.25) is 0 Å². The Morgan fingerprint density at radius 1 is 1.31 bits per heavy atom. The Balaban J connectivity index is 1.77. The SMILES string of the molecule is COc1ncc(C2CC2)cc1CNC(=O)C(c1ccccc1)C(F)(F)F. The van der Waals surface area contributed by atoms with Crippen LogP contribution in [-0.2, 0) is 11.3 Å². The Labute approximate surface area is 149 Å². The van der Waals surface area contributed by atoms with Gasteiger partial charge in [0.2, 0.25) is 11.8 Å². The van der Waals surface area contributed by atoms with Crippen molar-refractivity contribution in [1.82, 2.24) is 10.3 Å². The predicted octanol–water partition coefficient (Wildman–Crippen LogP) is 3.93. The summed E-state index contributed by atoms with van der Waals surface area (Å²) in [7, 11) is 1.44. The van der Waals surface area contributed by atoms with Gasteiger partial charge in [-0.3, -0.25) is 4.79 Å². The zero-order valence-corrected chi connectivity index (χ0v) is 14.2. The number of halogens is 3. The molecule has 1 atom stereocenters. The summed E-state index contributed by atoms with van der Waals surface area (Å²) in [6.07, 6.45) is -0.818. The van der Waals surface area contributed by atoms with E-state index in [-0.39, 0.29) is 12.1 Å². The van der Waals surface area contributed by atoms with Crippen molar-refractivity contribution >= 4 is 5.91 Å². The van der Waals surface area contributed by atoms with Crippen molar-refractivity contribution in [2.24, 2.45) is 0 Å². The summed E-state index contributed by atoms with van der Waals surface area (Å²) < 4.78 is 45.4. The number of ether oxygens (including phenoxy) is 1. The number of rotatable bonds is 6. The first-order chi connectivity index (χ1) is 12.4. The van der Waals surface area contributed by atoms with Crippen molar-refractivity contribution in [2.45, 2.75) is 37.4 Å². The van der Waals surface area contributed by atoms with Gasteiger partial charge in [-0.15, -0.1) is 0 Å². The van der Waals surface area contributed by atoms with Gasteiger partial charge in [0.25, 0.3) is 0 Å². The number of hydrogen-bond acceptors (Lipinski definition) is 3. The number of pyridine rings is 1. The Morgan fingerprint density at radius 2 is 2.00 bits per heavy atom. The second-order valence-corrected chi connectivity index (χ2v) is 6.31. The van der Waals surface area contributed by atoms with Gasteiger partial charge in [-0.05, 0) is 36.0 Å². The van der Waals surface area contributed by atoms with Gasteiger partial charge in [-0.2, -0.15) is 13.2 Å². The molecular formula is C19H19F3N2O2. The molecule has 1 aromatic heterocycles. The molecule has 0 spiro atoms. The molecule has 0 radical (unpaired) electrons. The lowest BCUT2D eigenvalue weighted by atomic mass is 9.97. The highest BCUT2D eigenvalue weighted by Gasteiger charge is 2.45. The molecule has 1 fully saturated rings. The van der Waals surface area contributed by atoms with Crippen LogP contribution < -0.4 is 10.1 Å². The third-order valence-electron chi connectivity index (χ3n) is 4.36. The number of carbonyl (C=O) groups is 1. The third-order valence-corrected chi connectivity index (χ3v) is 4.36. The van der Waals surface area contributed by atoms with Gasteiger partial charge in [-0.1, -0.05) is 30.3 Å². The summed E-state index contributed by atoms with van der Waals surface area (Å²) in [4.78, 5) is 16.5. The topological polar surface area (TPSA) is 51.2 Å². The molecule has 1 amide bonds. The molecule has 26 heavy (non-hydrogen) atoms. The van der Waals surface area contributed by atoms with E-state index in [1.807, 2.05) is 6.07 Å². The highest BCUT2D eigenvalue weighted by Crippen LogP contribution is 2.40. The van der Waals surface area contributed by atoms with Crippen LogP contribution in [0.5, 0.6) is 5.88 Å². The highest BCUT2D eigenvalue weighted by molar-refractivity contribution is 5.84. The average molecular weight is 364 g/mol. The first-order valence-corrected chi connectivity index (χ1v) is 8.32. The molecule has 0 bridgehead atoms. The predicted molar refractivity (Wildman–Crippen MR) is 89.8 cm³/mol. The fourth-order valence-corrected chi connectivity index (χ4v) is 2.89. The van der Waals surface area contributed by atoms with Gasteiger partial charge in [0, 0.05) is 18.3 Å². The van der Waals surface area contributed by atoms with Crippen molar-refractivity contribution in [1.29, 1.82) is 0 Å². The van der Waals surface area contributed by atoms with E-state index in [1.165, 1.54) is 31.4 Å². The van der Waals surface area contributed by atoms with Crippen LogP contribution in [0.15, 0.2) is 42.6 Å². The minimum Gasteiger partial charge on any atom is -0.481 e. The standard InChI is InChI=1S/C19H19F3N2O2/c1-26-18-15(9-14(10-24-18)12-7-8-12)11-23-17(25)16(19(20,21)22)13-5-3-2-4-6-13/h2-6,9-10,12,16H,7-8,11H2,1H3,(H,23,25). The molecule has 138 valence electrons. The van der Waals surface area contributed by atoms with Gasteiger partial charge in [0.15, 0.2) is 5.92 Å². The number of alkyl halides is 3. The summed E-state index contributed by atoms with van der Waals surface area (Å²) in [6, 6.07) is 9.01. The van der Waals surface area contributed by atoms with Crippen LogP contribution >= 0.6 is 0 Å². The quantitative estimate of drug-likeness (QED) is 0.845. The normalized spacial score (nSPS) is 15.4. The number of nitrogens with zero attached hydrogens (tertiary/aromatic N) is 1. The highest BCUT2D eigenvalue weighted by atomic mass is 19.4. The molecule has 1 aromatic carbocycles. The second-order valence-electron chi connectivity index (χ2n) is 6.31. The summed E-state index contributed by atoms with van der Waals surface area (Å²) in [6.45, 7) is -0.0744. The van der Waals surface area contributed by atoms with Crippen molar-refractivity contribution in [3.63, 3.8) is 0 Å². The maximum atomic E-state index is 13.4. The van der Waals surface area contributed by atoms with Crippen molar-refractivity contribution in [3.8, 4) is 5.88 Å². The van der Waals surface area contributed by atoms with E-state index in [0.29, 0.717) is 17.4 Å². The number of methoxy groups -OCH3 is 1. The van der Waals surface area contributed by atoms with Crippen molar-refractivity contribution in [3.05, 3.63) is 59.3 Å². The molecule has 7 heteroatoms. The summed E-state index contributed by atoms with van der Waals surface area (Å²) in [5.41, 5.74) is 1.50. The number of aromatic nitrogens is 1. The molecule has 4 nitrogen and oxygen atoms in total. The smallest absolute Gasteiger partial charge is 0.404 e. The van der Waals surface area contributed by atoms with E-state index in [1.54, 1.807) is 12.3 Å². The van der Waals surface area contributed by atoms with Crippen LogP contribution in [0, 0.1) is 0 Å². The van der Waals surface area contributed by atoms with Crippen LogP contribution in [-0.4, -0.2) is 24.2 Å². The molecule has 0 saturated heterocycles. The van der Waals surface area contributed by atoms with E-state index in [2.05, 4.69) is 10.3 Å². The number of carbonyl (C=O) groups excluding carboxylic acids is 1. The largest absolute Gasteiger partial charge is 0.481 e. The second kappa shape index (κ2) is 7.35. The molecule has 1 N–H and O–H groups in total. The van der Waals surface area contributed by atoms with Crippen molar-refractivity contribution in [2.75, 3.05) is 7.11 Å². The molecule has 1 unspecified atom stereocenters. The fraction of sp³-hybridized carbons (Fsp3) is 0.368. The van der Waals surface area contributed by atoms with Gasteiger partial charge < -0.3 is 10.1 Å². The van der Waals surface area contributed by atoms with Crippen molar-refractivity contribution < 1.29 is 22.7 Å².